The number of carboxylic acids is 1. The Morgan fingerprint density at radius 3 is 1.74 bits per heavy atom. The summed E-state index contributed by atoms with van der Waals surface area (Å²) in [7, 11) is 4.04. The Bertz CT molecular complexity index is 599. The minimum Gasteiger partial charge on any atom is -0.478 e. The number of carbonyl (C=O) groups is 1. The van der Waals surface area contributed by atoms with Crippen LogP contribution in [-0.4, -0.2) is 25.2 Å². The first-order valence-electron chi connectivity index (χ1n) is 6.85. The van der Waals surface area contributed by atoms with Crippen molar-refractivity contribution in [1.82, 2.24) is 5.32 Å². The fraction of sp³-hybridized carbons (Fsp3) is 0.235. The summed E-state index contributed by atoms with van der Waals surface area (Å²) in [5.74, 6) is -0.893. The lowest BCUT2D eigenvalue weighted by atomic mass is 10.1. The standard InChI is InChI=1S/C17H20N2O2.2ClH/c1-19(2)16-9-5-14(6-10-16)12-18-11-13-3-7-15(8-4-13)17(20)21;;/h3-10,18H,11-12H2,1-2H3,(H,20,21);2*1H. The second kappa shape index (κ2) is 10.1. The summed E-state index contributed by atoms with van der Waals surface area (Å²) in [5.41, 5.74) is 3.80. The first-order valence-corrected chi connectivity index (χ1v) is 6.85. The lowest BCUT2D eigenvalue weighted by Gasteiger charge is -2.13. The van der Waals surface area contributed by atoms with Crippen molar-refractivity contribution in [2.24, 2.45) is 0 Å². The van der Waals surface area contributed by atoms with Gasteiger partial charge in [-0.15, -0.1) is 24.8 Å². The average Bonchev–Trinajstić information content (AvgIpc) is 2.48. The lowest BCUT2D eigenvalue weighted by Crippen LogP contribution is -2.13. The van der Waals surface area contributed by atoms with E-state index >= 15 is 0 Å². The Hall–Kier alpha value is -1.75. The van der Waals surface area contributed by atoms with E-state index in [4.69, 9.17) is 5.11 Å². The van der Waals surface area contributed by atoms with E-state index in [0.29, 0.717) is 5.56 Å². The fourth-order valence-electron chi connectivity index (χ4n) is 2.03. The molecule has 0 saturated heterocycles. The fourth-order valence-corrected chi connectivity index (χ4v) is 2.03. The van der Waals surface area contributed by atoms with E-state index in [0.717, 1.165) is 18.7 Å². The molecule has 0 atom stereocenters. The van der Waals surface area contributed by atoms with Gasteiger partial charge in [-0.1, -0.05) is 24.3 Å². The van der Waals surface area contributed by atoms with E-state index in [2.05, 4.69) is 34.5 Å². The van der Waals surface area contributed by atoms with Crippen LogP contribution in [0.25, 0.3) is 0 Å². The Kier molecular flexibility index (Phi) is 9.34. The number of rotatable bonds is 6. The molecule has 0 aromatic heterocycles. The lowest BCUT2D eigenvalue weighted by molar-refractivity contribution is 0.0697. The second-order valence-corrected chi connectivity index (χ2v) is 5.17. The van der Waals surface area contributed by atoms with Gasteiger partial charge in [0.1, 0.15) is 0 Å². The Balaban J connectivity index is 0.00000242. The molecule has 4 nitrogen and oxygen atoms in total. The first kappa shape index (κ1) is 21.2. The predicted molar refractivity (Wildman–Crippen MR) is 99.2 cm³/mol. The number of hydrogen-bond acceptors (Lipinski definition) is 3. The smallest absolute Gasteiger partial charge is 0.335 e. The molecule has 2 N–H and O–H groups in total. The van der Waals surface area contributed by atoms with Gasteiger partial charge < -0.3 is 15.3 Å². The van der Waals surface area contributed by atoms with Crippen LogP contribution in [0.2, 0.25) is 0 Å². The van der Waals surface area contributed by atoms with Crippen molar-refractivity contribution in [2.75, 3.05) is 19.0 Å². The maximum Gasteiger partial charge on any atom is 0.335 e. The van der Waals surface area contributed by atoms with Crippen molar-refractivity contribution in [1.29, 1.82) is 0 Å². The number of carboxylic acid groups (broad SMARTS) is 1. The molecule has 0 unspecified atom stereocenters. The molecule has 23 heavy (non-hydrogen) atoms. The molecule has 0 spiro atoms. The second-order valence-electron chi connectivity index (χ2n) is 5.17. The normalized spacial score (nSPS) is 9.48. The molecule has 0 fully saturated rings. The van der Waals surface area contributed by atoms with E-state index in [1.165, 1.54) is 11.3 Å². The van der Waals surface area contributed by atoms with E-state index in [9.17, 15) is 4.79 Å². The zero-order valence-corrected chi connectivity index (χ0v) is 14.8. The zero-order chi connectivity index (χ0) is 15.2. The van der Waals surface area contributed by atoms with Crippen LogP contribution in [0.15, 0.2) is 48.5 Å². The summed E-state index contributed by atoms with van der Waals surface area (Å²) in [5, 5.41) is 12.2. The van der Waals surface area contributed by atoms with E-state index in [-0.39, 0.29) is 24.8 Å². The molecule has 0 saturated carbocycles. The highest BCUT2D eigenvalue weighted by atomic mass is 35.5. The minimum absolute atomic E-state index is 0. The molecular weight excluding hydrogens is 335 g/mol. The van der Waals surface area contributed by atoms with Crippen molar-refractivity contribution in [3.63, 3.8) is 0 Å². The quantitative estimate of drug-likeness (QED) is 0.830. The molecule has 2 aromatic rings. The molecule has 126 valence electrons. The summed E-state index contributed by atoms with van der Waals surface area (Å²) >= 11 is 0. The van der Waals surface area contributed by atoms with Crippen LogP contribution in [0.5, 0.6) is 0 Å². The van der Waals surface area contributed by atoms with Gasteiger partial charge >= 0.3 is 5.97 Å². The molecule has 0 aliphatic carbocycles. The van der Waals surface area contributed by atoms with Gasteiger partial charge in [-0.3, -0.25) is 0 Å². The topological polar surface area (TPSA) is 52.6 Å². The van der Waals surface area contributed by atoms with E-state index in [1.807, 2.05) is 26.2 Å². The van der Waals surface area contributed by atoms with Crippen LogP contribution in [0, 0.1) is 0 Å². The molecule has 0 amide bonds. The van der Waals surface area contributed by atoms with Crippen molar-refractivity contribution < 1.29 is 9.90 Å². The largest absolute Gasteiger partial charge is 0.478 e. The number of aromatic carboxylic acids is 1. The molecule has 0 aliphatic rings. The summed E-state index contributed by atoms with van der Waals surface area (Å²) in [6.07, 6.45) is 0. The van der Waals surface area contributed by atoms with Crippen molar-refractivity contribution >= 4 is 36.5 Å². The highest BCUT2D eigenvalue weighted by Crippen LogP contribution is 2.12. The molecule has 2 aromatic carbocycles. The molecule has 0 radical (unpaired) electrons. The summed E-state index contributed by atoms with van der Waals surface area (Å²) in [6, 6.07) is 15.3. The van der Waals surface area contributed by atoms with Gasteiger partial charge in [-0.25, -0.2) is 4.79 Å². The third kappa shape index (κ3) is 6.48. The number of halogens is 2. The van der Waals surface area contributed by atoms with Crippen LogP contribution >= 0.6 is 24.8 Å². The number of anilines is 1. The monoisotopic (exact) mass is 356 g/mol. The van der Waals surface area contributed by atoms with E-state index < -0.39 is 5.97 Å². The summed E-state index contributed by atoms with van der Waals surface area (Å²) in [4.78, 5) is 12.8. The molecular formula is C17H22Cl2N2O2. The van der Waals surface area contributed by atoms with Crippen LogP contribution in [0.4, 0.5) is 5.69 Å². The first-order chi connectivity index (χ1) is 10.1. The number of nitrogens with one attached hydrogen (secondary N) is 1. The van der Waals surface area contributed by atoms with Gasteiger partial charge in [0, 0.05) is 32.9 Å². The highest BCUT2D eigenvalue weighted by Gasteiger charge is 2.01. The zero-order valence-electron chi connectivity index (χ0n) is 13.2. The van der Waals surface area contributed by atoms with Crippen LogP contribution in [-0.2, 0) is 13.1 Å². The molecule has 0 heterocycles. The average molecular weight is 357 g/mol. The highest BCUT2D eigenvalue weighted by molar-refractivity contribution is 5.87. The molecule has 6 heteroatoms. The van der Waals surface area contributed by atoms with Crippen molar-refractivity contribution in [2.45, 2.75) is 13.1 Å². The number of benzene rings is 2. The molecule has 0 aliphatic heterocycles. The number of nitrogens with zero attached hydrogens (tertiary/aromatic N) is 1. The number of hydrogen-bond donors (Lipinski definition) is 2. The van der Waals surface area contributed by atoms with Crippen molar-refractivity contribution in [3.8, 4) is 0 Å². The van der Waals surface area contributed by atoms with Crippen LogP contribution < -0.4 is 10.2 Å². The van der Waals surface area contributed by atoms with Gasteiger partial charge in [-0.05, 0) is 35.4 Å². The van der Waals surface area contributed by atoms with Gasteiger partial charge in [0.05, 0.1) is 5.56 Å². The van der Waals surface area contributed by atoms with Gasteiger partial charge in [0.2, 0.25) is 0 Å². The summed E-state index contributed by atoms with van der Waals surface area (Å²) < 4.78 is 0. The Morgan fingerprint density at radius 1 is 0.913 bits per heavy atom. The van der Waals surface area contributed by atoms with E-state index in [1.54, 1.807) is 12.1 Å². The Labute approximate surface area is 149 Å². The van der Waals surface area contributed by atoms with Crippen molar-refractivity contribution in [3.05, 3.63) is 65.2 Å². The van der Waals surface area contributed by atoms with Crippen LogP contribution in [0.1, 0.15) is 21.5 Å². The van der Waals surface area contributed by atoms with Gasteiger partial charge in [0.15, 0.2) is 0 Å². The molecule has 0 bridgehead atoms. The third-order valence-corrected chi connectivity index (χ3v) is 3.31. The van der Waals surface area contributed by atoms with Gasteiger partial charge in [-0.2, -0.15) is 0 Å². The third-order valence-electron chi connectivity index (χ3n) is 3.31. The Morgan fingerprint density at radius 2 is 1.35 bits per heavy atom. The maximum absolute atomic E-state index is 10.8. The predicted octanol–water partition coefficient (Wildman–Crippen LogP) is 3.58. The minimum atomic E-state index is -0.893. The van der Waals surface area contributed by atoms with Crippen LogP contribution in [0.3, 0.4) is 0 Å². The van der Waals surface area contributed by atoms with Gasteiger partial charge in [0.25, 0.3) is 0 Å². The molecule has 2 rings (SSSR count). The summed E-state index contributed by atoms with van der Waals surface area (Å²) in [6.45, 7) is 1.50. The maximum atomic E-state index is 10.8. The SMILES string of the molecule is CN(C)c1ccc(CNCc2ccc(C(=O)O)cc2)cc1.Cl.Cl.